The van der Waals surface area contributed by atoms with Crippen LogP contribution in [0.4, 0.5) is 11.4 Å². The van der Waals surface area contributed by atoms with Crippen molar-refractivity contribution in [1.29, 1.82) is 0 Å². The van der Waals surface area contributed by atoms with Crippen LogP contribution >= 0.6 is 23.4 Å². The maximum absolute atomic E-state index is 13.3. The predicted octanol–water partition coefficient (Wildman–Crippen LogP) is 6.29. The van der Waals surface area contributed by atoms with Gasteiger partial charge < -0.3 is 10.1 Å². The van der Waals surface area contributed by atoms with Gasteiger partial charge in [0, 0.05) is 17.1 Å². The summed E-state index contributed by atoms with van der Waals surface area (Å²) in [5, 5.41) is 3.50. The number of nitrogens with zero attached hydrogens (tertiary/aromatic N) is 2. The monoisotopic (exact) mass is 507 g/mol. The minimum Gasteiger partial charge on any atom is -0.494 e. The van der Waals surface area contributed by atoms with Gasteiger partial charge in [-0.3, -0.25) is 14.5 Å². The first kappa shape index (κ1) is 24.8. The second kappa shape index (κ2) is 11.9. The van der Waals surface area contributed by atoms with Crippen LogP contribution < -0.4 is 10.1 Å². The molecule has 180 valence electrons. The second-order valence-corrected chi connectivity index (χ2v) is 9.62. The number of anilines is 1. The number of carbonyl (C=O) groups excluding carboxylic acids is 2. The lowest BCUT2D eigenvalue weighted by Crippen LogP contribution is -2.33. The van der Waals surface area contributed by atoms with Gasteiger partial charge in [-0.05, 0) is 60.5 Å². The number of nitrogens with one attached hydrogen (secondary N) is 1. The average molecular weight is 508 g/mol. The van der Waals surface area contributed by atoms with Crippen LogP contribution in [-0.2, 0) is 16.1 Å². The highest BCUT2D eigenvalue weighted by molar-refractivity contribution is 8.15. The molecular formula is C27H26ClN3O3S. The van der Waals surface area contributed by atoms with E-state index in [1.165, 1.54) is 11.8 Å². The van der Waals surface area contributed by atoms with Crippen LogP contribution in [-0.4, -0.2) is 33.7 Å². The molecule has 2 amide bonds. The summed E-state index contributed by atoms with van der Waals surface area (Å²) >= 11 is 7.30. The van der Waals surface area contributed by atoms with Gasteiger partial charge in [0.1, 0.15) is 11.0 Å². The molecule has 0 bridgehead atoms. The summed E-state index contributed by atoms with van der Waals surface area (Å²) < 4.78 is 5.58. The van der Waals surface area contributed by atoms with Crippen LogP contribution in [0.25, 0.3) is 0 Å². The number of thioether (sulfide) groups is 1. The van der Waals surface area contributed by atoms with Gasteiger partial charge in [-0.15, -0.1) is 0 Å². The fourth-order valence-electron chi connectivity index (χ4n) is 3.50. The molecule has 1 fully saturated rings. The second-order valence-electron chi connectivity index (χ2n) is 8.01. The fourth-order valence-corrected chi connectivity index (χ4v) is 4.78. The third kappa shape index (κ3) is 6.87. The molecule has 0 aromatic heterocycles. The molecule has 1 saturated heterocycles. The van der Waals surface area contributed by atoms with Crippen molar-refractivity contribution in [2.45, 2.75) is 31.6 Å². The first-order valence-electron chi connectivity index (χ1n) is 11.4. The van der Waals surface area contributed by atoms with Gasteiger partial charge in [0.05, 0.1) is 18.8 Å². The number of benzene rings is 3. The average Bonchev–Trinajstić information content (AvgIpc) is 3.14. The van der Waals surface area contributed by atoms with Crippen LogP contribution in [0.3, 0.4) is 0 Å². The number of rotatable bonds is 9. The Morgan fingerprint density at radius 1 is 1.06 bits per heavy atom. The van der Waals surface area contributed by atoms with Crippen molar-refractivity contribution < 1.29 is 14.3 Å². The van der Waals surface area contributed by atoms with Crippen molar-refractivity contribution >= 4 is 51.7 Å². The lowest BCUT2D eigenvalue weighted by molar-refractivity contribution is -0.128. The molecule has 1 N–H and O–H groups in total. The minimum atomic E-state index is -0.558. The van der Waals surface area contributed by atoms with E-state index in [0.717, 1.165) is 17.7 Å². The summed E-state index contributed by atoms with van der Waals surface area (Å²) in [6, 6.07) is 24.1. The van der Waals surface area contributed by atoms with E-state index in [9.17, 15) is 9.59 Å². The van der Waals surface area contributed by atoms with E-state index in [4.69, 9.17) is 16.3 Å². The van der Waals surface area contributed by atoms with Crippen molar-refractivity contribution in [3.63, 3.8) is 0 Å². The highest BCUT2D eigenvalue weighted by Crippen LogP contribution is 2.33. The molecular weight excluding hydrogens is 482 g/mol. The van der Waals surface area contributed by atoms with E-state index in [1.807, 2.05) is 49.4 Å². The Hall–Kier alpha value is -3.29. The largest absolute Gasteiger partial charge is 0.494 e. The Bertz CT molecular complexity index is 1180. The van der Waals surface area contributed by atoms with E-state index in [2.05, 4.69) is 10.3 Å². The summed E-state index contributed by atoms with van der Waals surface area (Å²) in [6.45, 7) is 3.08. The van der Waals surface area contributed by atoms with E-state index in [0.29, 0.717) is 34.7 Å². The summed E-state index contributed by atoms with van der Waals surface area (Å²) in [4.78, 5) is 32.4. The fraction of sp³-hybridized carbons (Fsp3) is 0.222. The number of ether oxygens (including phenoxy) is 1. The van der Waals surface area contributed by atoms with Crippen molar-refractivity contribution in [2.75, 3.05) is 11.9 Å². The molecule has 6 nitrogen and oxygen atoms in total. The predicted molar refractivity (Wildman–Crippen MR) is 142 cm³/mol. The molecule has 0 radical (unpaired) electrons. The SMILES string of the molecule is CCCOc1ccc(NC(=O)C[C@@H]2SC(=Nc3ccc(Cl)cc3)N(Cc3ccccc3)C2=O)cc1. The van der Waals surface area contributed by atoms with E-state index < -0.39 is 5.25 Å². The van der Waals surface area contributed by atoms with Crippen molar-refractivity contribution in [3.05, 3.63) is 89.4 Å². The highest BCUT2D eigenvalue weighted by atomic mass is 35.5. The van der Waals surface area contributed by atoms with Crippen LogP contribution in [0.15, 0.2) is 83.9 Å². The summed E-state index contributed by atoms with van der Waals surface area (Å²) in [5.41, 5.74) is 2.34. The molecule has 1 atom stereocenters. The van der Waals surface area contributed by atoms with E-state index in [-0.39, 0.29) is 18.2 Å². The van der Waals surface area contributed by atoms with Gasteiger partial charge in [0.15, 0.2) is 5.17 Å². The number of carbonyl (C=O) groups is 2. The quantitative estimate of drug-likeness (QED) is 0.369. The highest BCUT2D eigenvalue weighted by Gasteiger charge is 2.39. The van der Waals surface area contributed by atoms with Gasteiger partial charge in [-0.2, -0.15) is 0 Å². The molecule has 1 aliphatic heterocycles. The maximum Gasteiger partial charge on any atom is 0.242 e. The van der Waals surface area contributed by atoms with Crippen LogP contribution in [0.2, 0.25) is 5.02 Å². The molecule has 3 aromatic rings. The zero-order valence-corrected chi connectivity index (χ0v) is 20.9. The Morgan fingerprint density at radius 2 is 1.77 bits per heavy atom. The molecule has 0 spiro atoms. The molecule has 0 saturated carbocycles. The Balaban J connectivity index is 1.46. The Labute approximate surface area is 214 Å². The number of amides is 2. The maximum atomic E-state index is 13.3. The third-order valence-corrected chi connectivity index (χ3v) is 6.66. The number of amidine groups is 1. The van der Waals surface area contributed by atoms with Crippen LogP contribution in [0.1, 0.15) is 25.3 Å². The van der Waals surface area contributed by atoms with Gasteiger partial charge >= 0.3 is 0 Å². The normalized spacial score (nSPS) is 16.5. The van der Waals surface area contributed by atoms with Crippen LogP contribution in [0, 0.1) is 0 Å². The Kier molecular flexibility index (Phi) is 8.45. The smallest absolute Gasteiger partial charge is 0.242 e. The van der Waals surface area contributed by atoms with Gasteiger partial charge in [0.25, 0.3) is 0 Å². The zero-order valence-electron chi connectivity index (χ0n) is 19.3. The van der Waals surface area contributed by atoms with E-state index >= 15 is 0 Å². The standard InChI is InChI=1S/C27H26ClN3O3S/c1-2-16-34-23-14-12-21(13-15-23)29-25(32)17-24-26(33)31(18-19-6-4-3-5-7-19)27(35-24)30-22-10-8-20(28)9-11-22/h3-15,24H,2,16-18H2,1H3,(H,29,32)/t24-/m0/s1. The minimum absolute atomic E-state index is 0.0442. The van der Waals surface area contributed by atoms with Gasteiger partial charge in [-0.1, -0.05) is 60.6 Å². The summed E-state index contributed by atoms with van der Waals surface area (Å²) in [7, 11) is 0. The number of hydrogen-bond donors (Lipinski definition) is 1. The van der Waals surface area contributed by atoms with Gasteiger partial charge in [-0.25, -0.2) is 4.99 Å². The van der Waals surface area contributed by atoms with Crippen LogP contribution in [0.5, 0.6) is 5.75 Å². The number of halogens is 1. The molecule has 8 heteroatoms. The third-order valence-electron chi connectivity index (χ3n) is 5.24. The van der Waals surface area contributed by atoms with Crippen molar-refractivity contribution in [2.24, 2.45) is 4.99 Å². The molecule has 3 aromatic carbocycles. The number of hydrogen-bond acceptors (Lipinski definition) is 5. The molecule has 1 aliphatic rings. The molecule has 0 aliphatic carbocycles. The van der Waals surface area contributed by atoms with E-state index in [1.54, 1.807) is 41.3 Å². The topological polar surface area (TPSA) is 71.0 Å². The number of aliphatic imine (C=N–C) groups is 1. The van der Waals surface area contributed by atoms with Gasteiger partial charge in [0.2, 0.25) is 11.8 Å². The van der Waals surface area contributed by atoms with Crippen molar-refractivity contribution in [1.82, 2.24) is 4.90 Å². The van der Waals surface area contributed by atoms with Crippen molar-refractivity contribution in [3.8, 4) is 5.75 Å². The lowest BCUT2D eigenvalue weighted by Gasteiger charge is -2.16. The first-order valence-corrected chi connectivity index (χ1v) is 12.7. The summed E-state index contributed by atoms with van der Waals surface area (Å²) in [6.07, 6.45) is 0.971. The zero-order chi connectivity index (χ0) is 24.6. The first-order chi connectivity index (χ1) is 17.0. The Morgan fingerprint density at radius 3 is 2.46 bits per heavy atom. The molecule has 35 heavy (non-hydrogen) atoms. The molecule has 4 rings (SSSR count). The lowest BCUT2D eigenvalue weighted by atomic mass is 10.2. The molecule has 1 heterocycles. The molecule has 0 unspecified atom stereocenters. The summed E-state index contributed by atoms with van der Waals surface area (Å²) in [5.74, 6) is 0.390.